The van der Waals surface area contributed by atoms with Crippen molar-refractivity contribution in [2.24, 2.45) is 11.8 Å². The molecule has 4 aliphatic heterocycles. The molecular weight excluding hydrogens is 422 g/mol. The van der Waals surface area contributed by atoms with Crippen molar-refractivity contribution in [2.75, 3.05) is 39.8 Å². The Morgan fingerprint density at radius 2 is 1.84 bits per heavy atom. The third-order valence-corrected chi connectivity index (χ3v) is 9.03. The van der Waals surface area contributed by atoms with Crippen LogP contribution in [-0.2, 0) is 23.0 Å². The third-order valence-electron chi connectivity index (χ3n) is 7.60. The largest absolute Gasteiger partial charge is 0.497 e. The maximum Gasteiger partial charge on any atom is 0.240 e. The molecule has 2 bridgehead atoms. The second-order valence-corrected chi connectivity index (χ2v) is 11.2. The third kappa shape index (κ3) is 4.57. The maximum atomic E-state index is 12.7. The van der Waals surface area contributed by atoms with Crippen LogP contribution in [0, 0.1) is 11.8 Å². The molecule has 1 N–H and O–H groups in total. The van der Waals surface area contributed by atoms with Crippen LogP contribution < -0.4 is 9.46 Å². The molecule has 4 unspecified atom stereocenters. The highest BCUT2D eigenvalue weighted by atomic mass is 32.2. The summed E-state index contributed by atoms with van der Waals surface area (Å²) in [4.78, 5) is 5.42. The molecule has 0 aromatic heterocycles. The van der Waals surface area contributed by atoms with Gasteiger partial charge >= 0.3 is 0 Å². The van der Waals surface area contributed by atoms with Crippen molar-refractivity contribution < 1.29 is 13.2 Å². The van der Waals surface area contributed by atoms with Gasteiger partial charge in [0, 0.05) is 38.8 Å². The second kappa shape index (κ2) is 9.14. The topological polar surface area (TPSA) is 61.9 Å². The average Bonchev–Trinajstić information content (AvgIpc) is 2.83. The van der Waals surface area contributed by atoms with Crippen molar-refractivity contribution in [2.45, 2.75) is 36.7 Å². The van der Waals surface area contributed by atoms with E-state index in [4.69, 9.17) is 4.74 Å². The minimum Gasteiger partial charge on any atom is -0.497 e. The second-order valence-electron chi connectivity index (χ2n) is 9.47. The molecule has 4 aliphatic rings. The lowest BCUT2D eigenvalue weighted by molar-refractivity contribution is -0.0118. The van der Waals surface area contributed by atoms with Gasteiger partial charge in [-0.05, 0) is 73.0 Å². The van der Waals surface area contributed by atoms with Crippen molar-refractivity contribution >= 4 is 10.0 Å². The highest BCUT2D eigenvalue weighted by molar-refractivity contribution is 7.89. The highest BCUT2D eigenvalue weighted by Gasteiger charge is 2.41. The maximum absolute atomic E-state index is 12.7. The number of methoxy groups -OCH3 is 1. The van der Waals surface area contributed by atoms with Crippen LogP contribution in [0.25, 0.3) is 0 Å². The number of hydrogen-bond donors (Lipinski definition) is 1. The summed E-state index contributed by atoms with van der Waals surface area (Å²) in [5.41, 5.74) is 2.98. The van der Waals surface area contributed by atoms with E-state index >= 15 is 0 Å². The zero-order valence-corrected chi connectivity index (χ0v) is 19.6. The summed E-state index contributed by atoms with van der Waals surface area (Å²) < 4.78 is 33.4. The van der Waals surface area contributed by atoms with E-state index in [1.54, 1.807) is 31.4 Å². The summed E-state index contributed by atoms with van der Waals surface area (Å²) in [6, 6.07) is 15.7. The first-order valence-electron chi connectivity index (χ1n) is 11.7. The number of piperidine rings is 3. The molecule has 0 saturated carbocycles. The minimum absolute atomic E-state index is 0.289. The Morgan fingerprint density at radius 1 is 1.06 bits per heavy atom. The summed E-state index contributed by atoms with van der Waals surface area (Å²) in [6.45, 7) is 6.00. The standard InChI is InChI=1S/C25H33N3O3S/c1-31-24-6-8-25(9-7-24)32(29,30)26-15-23-14-20-11-13-28(23)18-22(20)17-27-12-10-19-4-2-3-5-21(19)16-27/h2-9,20,22-23,26H,10-18H2,1H3. The van der Waals surface area contributed by atoms with Gasteiger partial charge in [0.2, 0.25) is 10.0 Å². The van der Waals surface area contributed by atoms with Gasteiger partial charge in [-0.2, -0.15) is 0 Å². The SMILES string of the molecule is COc1ccc(S(=O)(=O)NCC2CC3CCN2CC3CN2CCc3ccccc3C2)cc1. The predicted octanol–water partition coefficient (Wildman–Crippen LogP) is 2.74. The van der Waals surface area contributed by atoms with Crippen molar-refractivity contribution in [3.05, 3.63) is 59.7 Å². The van der Waals surface area contributed by atoms with Gasteiger partial charge in [-0.3, -0.25) is 9.80 Å². The van der Waals surface area contributed by atoms with E-state index in [1.165, 1.54) is 17.5 Å². The summed E-state index contributed by atoms with van der Waals surface area (Å²) >= 11 is 0. The summed E-state index contributed by atoms with van der Waals surface area (Å²) in [7, 11) is -1.93. The molecule has 4 heterocycles. The summed E-state index contributed by atoms with van der Waals surface area (Å²) in [6.07, 6.45) is 3.46. The normalized spacial score (nSPS) is 27.8. The summed E-state index contributed by atoms with van der Waals surface area (Å²) in [5.74, 6) is 2.03. The molecule has 0 radical (unpaired) electrons. The summed E-state index contributed by atoms with van der Waals surface area (Å²) in [5, 5.41) is 0. The number of sulfonamides is 1. The molecule has 2 aromatic rings. The number of nitrogens with one attached hydrogen (secondary N) is 1. The molecule has 0 spiro atoms. The Morgan fingerprint density at radius 3 is 2.56 bits per heavy atom. The van der Waals surface area contributed by atoms with Crippen LogP contribution in [0.4, 0.5) is 0 Å². The van der Waals surface area contributed by atoms with Gasteiger partial charge in [0.1, 0.15) is 5.75 Å². The molecule has 3 saturated heterocycles. The van der Waals surface area contributed by atoms with E-state index in [1.807, 2.05) is 0 Å². The van der Waals surface area contributed by atoms with Crippen LogP contribution in [0.3, 0.4) is 0 Å². The molecule has 3 fully saturated rings. The van der Waals surface area contributed by atoms with Crippen LogP contribution in [0.5, 0.6) is 5.75 Å². The van der Waals surface area contributed by atoms with E-state index in [9.17, 15) is 8.42 Å². The zero-order valence-electron chi connectivity index (χ0n) is 18.7. The molecule has 32 heavy (non-hydrogen) atoms. The molecule has 7 heteroatoms. The Labute approximate surface area is 191 Å². The fourth-order valence-electron chi connectivity index (χ4n) is 5.75. The lowest BCUT2D eigenvalue weighted by atomic mass is 9.75. The lowest BCUT2D eigenvalue weighted by Gasteiger charge is -2.51. The van der Waals surface area contributed by atoms with Crippen molar-refractivity contribution in [3.8, 4) is 5.75 Å². The molecule has 6 nitrogen and oxygen atoms in total. The van der Waals surface area contributed by atoms with Gasteiger partial charge in [0.25, 0.3) is 0 Å². The Kier molecular flexibility index (Phi) is 6.25. The van der Waals surface area contributed by atoms with E-state index < -0.39 is 10.0 Å². The molecule has 0 amide bonds. The number of fused-ring (bicyclic) bond motifs is 4. The highest BCUT2D eigenvalue weighted by Crippen LogP contribution is 2.37. The molecule has 172 valence electrons. The van der Waals surface area contributed by atoms with E-state index in [2.05, 4.69) is 38.8 Å². The molecule has 0 aliphatic carbocycles. The fourth-order valence-corrected chi connectivity index (χ4v) is 6.83. The zero-order chi connectivity index (χ0) is 22.1. The van der Waals surface area contributed by atoms with E-state index in [-0.39, 0.29) is 4.90 Å². The molecular formula is C25H33N3O3S. The Balaban J connectivity index is 1.16. The van der Waals surface area contributed by atoms with Gasteiger partial charge in [0.15, 0.2) is 0 Å². The van der Waals surface area contributed by atoms with Gasteiger partial charge in [0.05, 0.1) is 12.0 Å². The van der Waals surface area contributed by atoms with Crippen LogP contribution >= 0.6 is 0 Å². The fraction of sp³-hybridized carbons (Fsp3) is 0.520. The van der Waals surface area contributed by atoms with Crippen molar-refractivity contribution in [1.29, 1.82) is 0 Å². The van der Waals surface area contributed by atoms with Crippen molar-refractivity contribution in [3.63, 3.8) is 0 Å². The molecule has 4 atom stereocenters. The van der Waals surface area contributed by atoms with Gasteiger partial charge < -0.3 is 4.74 Å². The van der Waals surface area contributed by atoms with Crippen LogP contribution in [0.15, 0.2) is 53.4 Å². The van der Waals surface area contributed by atoms with Gasteiger partial charge in [-0.15, -0.1) is 0 Å². The number of benzene rings is 2. The quantitative estimate of drug-likeness (QED) is 0.696. The number of ether oxygens (including phenoxy) is 1. The number of rotatable bonds is 7. The molecule has 2 aromatic carbocycles. The first kappa shape index (κ1) is 21.9. The smallest absolute Gasteiger partial charge is 0.240 e. The van der Waals surface area contributed by atoms with Crippen LogP contribution in [0.2, 0.25) is 0 Å². The van der Waals surface area contributed by atoms with E-state index in [0.717, 1.165) is 45.6 Å². The average molecular weight is 456 g/mol. The first-order chi connectivity index (χ1) is 15.5. The predicted molar refractivity (Wildman–Crippen MR) is 125 cm³/mol. The van der Waals surface area contributed by atoms with Gasteiger partial charge in [-0.1, -0.05) is 24.3 Å². The first-order valence-corrected chi connectivity index (χ1v) is 13.2. The van der Waals surface area contributed by atoms with Crippen LogP contribution in [-0.4, -0.2) is 64.1 Å². The number of hydrogen-bond acceptors (Lipinski definition) is 5. The monoisotopic (exact) mass is 455 g/mol. The Bertz CT molecular complexity index is 1040. The van der Waals surface area contributed by atoms with Crippen molar-refractivity contribution in [1.82, 2.24) is 14.5 Å². The Hall–Kier alpha value is -1.93. The lowest BCUT2D eigenvalue weighted by Crippen LogP contribution is -2.58. The van der Waals surface area contributed by atoms with Gasteiger partial charge in [-0.25, -0.2) is 13.1 Å². The minimum atomic E-state index is -3.51. The van der Waals surface area contributed by atoms with Crippen LogP contribution in [0.1, 0.15) is 24.0 Å². The van der Waals surface area contributed by atoms with E-state index in [0.29, 0.717) is 30.2 Å². The number of nitrogens with zero attached hydrogens (tertiary/aromatic N) is 2. The molecule has 6 rings (SSSR count).